The Balaban J connectivity index is 0.00000676. The summed E-state index contributed by atoms with van der Waals surface area (Å²) in [5, 5.41) is 0. The first-order valence-corrected chi connectivity index (χ1v) is 7.87. The Morgan fingerprint density at radius 3 is 1.81 bits per heavy atom. The van der Waals surface area contributed by atoms with Crippen LogP contribution in [0.1, 0.15) is 20.8 Å². The Morgan fingerprint density at radius 1 is 0.889 bits per heavy atom. The summed E-state index contributed by atoms with van der Waals surface area (Å²) in [7, 11) is 1.11. The molecule has 0 unspecified atom stereocenters. The van der Waals surface area contributed by atoms with Crippen LogP contribution in [0.15, 0.2) is 0 Å². The zero-order valence-electron chi connectivity index (χ0n) is 15.5. The van der Waals surface area contributed by atoms with E-state index >= 15 is 0 Å². The molecule has 0 spiro atoms. The van der Waals surface area contributed by atoms with Gasteiger partial charge in [0, 0.05) is 20.8 Å². The van der Waals surface area contributed by atoms with Crippen LogP contribution in [-0.2, 0) is 47.6 Å². The fraction of sp³-hybridized carbons (Fsp3) is 0.733. The van der Waals surface area contributed by atoms with Crippen LogP contribution < -0.4 is 22.7 Å². The predicted molar refractivity (Wildman–Crippen MR) is 81.0 cm³/mol. The second-order valence-electron chi connectivity index (χ2n) is 5.39. The number of carbonyl (C=O) groups is 4. The van der Waals surface area contributed by atoms with E-state index in [4.69, 9.17) is 23.7 Å². The Hall–Kier alpha value is -1.76. The average molecular weight is 458 g/mol. The van der Waals surface area contributed by atoms with Crippen molar-refractivity contribution in [2.24, 2.45) is 0 Å². The van der Waals surface area contributed by atoms with E-state index in [9.17, 15) is 19.2 Å². The van der Waals surface area contributed by atoms with Crippen molar-refractivity contribution >= 4 is 23.9 Å². The van der Waals surface area contributed by atoms with Gasteiger partial charge in [0.2, 0.25) is 0 Å². The van der Waals surface area contributed by atoms with Crippen molar-refractivity contribution in [3.63, 3.8) is 0 Å². The van der Waals surface area contributed by atoms with Gasteiger partial charge >= 0.3 is 23.9 Å². The zero-order chi connectivity index (χ0) is 19.9. The van der Waals surface area contributed by atoms with Gasteiger partial charge < -0.3 is 51.1 Å². The molecule has 156 valence electrons. The molecule has 1 aliphatic heterocycles. The molecule has 1 saturated heterocycles. The fourth-order valence-electron chi connectivity index (χ4n) is 2.41. The molecule has 0 bridgehead atoms. The SMILES string of the molecule is COC(=O)[C@H]1O[C@@H](OCC[NH3+])[C@H](OC(C)=O)[C@@H](OC(C)=O)[C@@H]1OC(C)=O.[Br-]. The van der Waals surface area contributed by atoms with Gasteiger partial charge in [0.25, 0.3) is 0 Å². The standard InChI is InChI=1S/C15H23NO10.BrH/c1-7(17)23-10-11(24-8(2)18)13(25-9(3)19)15(22-6-5-16)26-12(10)14(20)21-4;/h10-13,15H,5-6,16H2,1-4H3;1H/t10-,11-,12-,13+,15+;/m0./s1. The van der Waals surface area contributed by atoms with E-state index in [0.717, 1.165) is 27.9 Å². The Labute approximate surface area is 166 Å². The molecule has 0 amide bonds. The fourth-order valence-corrected chi connectivity index (χ4v) is 2.41. The predicted octanol–water partition coefficient (Wildman–Crippen LogP) is -5.06. The minimum absolute atomic E-state index is 0. The van der Waals surface area contributed by atoms with E-state index in [1.54, 1.807) is 0 Å². The van der Waals surface area contributed by atoms with Crippen LogP contribution in [0.3, 0.4) is 0 Å². The van der Waals surface area contributed by atoms with Gasteiger partial charge in [-0.15, -0.1) is 0 Å². The van der Waals surface area contributed by atoms with Crippen molar-refractivity contribution in [1.82, 2.24) is 0 Å². The number of rotatable bonds is 7. The topological polar surface area (TPSA) is 151 Å². The first-order valence-electron chi connectivity index (χ1n) is 7.87. The van der Waals surface area contributed by atoms with Crippen LogP contribution in [0.2, 0.25) is 0 Å². The number of quaternary nitrogens is 1. The van der Waals surface area contributed by atoms with Crippen molar-refractivity contribution in [2.45, 2.75) is 51.5 Å². The number of hydrogen-bond acceptors (Lipinski definition) is 10. The quantitative estimate of drug-likeness (QED) is 0.290. The number of ether oxygens (including phenoxy) is 6. The largest absolute Gasteiger partial charge is 1.00 e. The smallest absolute Gasteiger partial charge is 0.339 e. The second-order valence-corrected chi connectivity index (χ2v) is 5.39. The van der Waals surface area contributed by atoms with Crippen molar-refractivity contribution in [1.29, 1.82) is 0 Å². The zero-order valence-corrected chi connectivity index (χ0v) is 17.1. The number of methoxy groups -OCH3 is 1. The summed E-state index contributed by atoms with van der Waals surface area (Å²) in [4.78, 5) is 46.6. The average Bonchev–Trinajstić information content (AvgIpc) is 2.55. The molecule has 0 aromatic carbocycles. The van der Waals surface area contributed by atoms with Gasteiger partial charge in [-0.25, -0.2) is 4.79 Å². The van der Waals surface area contributed by atoms with Crippen LogP contribution >= 0.6 is 0 Å². The summed E-state index contributed by atoms with van der Waals surface area (Å²) in [5.41, 5.74) is 3.61. The lowest BCUT2D eigenvalue weighted by Crippen LogP contribution is -3.00. The summed E-state index contributed by atoms with van der Waals surface area (Å²) in [6, 6.07) is 0. The summed E-state index contributed by atoms with van der Waals surface area (Å²) in [6.45, 7) is 3.83. The highest BCUT2D eigenvalue weighted by Crippen LogP contribution is 2.30. The number of carbonyl (C=O) groups excluding carboxylic acids is 4. The van der Waals surface area contributed by atoms with E-state index in [1.165, 1.54) is 0 Å². The summed E-state index contributed by atoms with van der Waals surface area (Å²) >= 11 is 0. The molecule has 3 N–H and O–H groups in total. The lowest BCUT2D eigenvalue weighted by molar-refractivity contribution is -0.385. The van der Waals surface area contributed by atoms with E-state index in [0.29, 0.717) is 6.54 Å². The number of esters is 4. The molecule has 12 heteroatoms. The second kappa shape index (κ2) is 11.8. The number of halogens is 1. The van der Waals surface area contributed by atoms with Crippen molar-refractivity contribution in [3.05, 3.63) is 0 Å². The molecule has 1 heterocycles. The minimum Gasteiger partial charge on any atom is -1.00 e. The lowest BCUT2D eigenvalue weighted by Gasteiger charge is -2.43. The lowest BCUT2D eigenvalue weighted by atomic mass is 9.97. The van der Waals surface area contributed by atoms with Crippen molar-refractivity contribution in [2.75, 3.05) is 20.3 Å². The van der Waals surface area contributed by atoms with Crippen LogP contribution in [0.4, 0.5) is 0 Å². The van der Waals surface area contributed by atoms with Crippen LogP contribution in [0, 0.1) is 0 Å². The van der Waals surface area contributed by atoms with Gasteiger partial charge in [-0.1, -0.05) is 0 Å². The van der Waals surface area contributed by atoms with Gasteiger partial charge in [-0.05, 0) is 0 Å². The summed E-state index contributed by atoms with van der Waals surface area (Å²) in [5.74, 6) is -3.09. The molecular weight excluding hydrogens is 434 g/mol. The van der Waals surface area contributed by atoms with Crippen molar-refractivity contribution < 1.29 is 70.3 Å². The third kappa shape index (κ3) is 7.40. The maximum Gasteiger partial charge on any atom is 0.339 e. The van der Waals surface area contributed by atoms with Crippen LogP contribution in [0.25, 0.3) is 0 Å². The number of hydrogen-bond donors (Lipinski definition) is 1. The molecule has 0 aromatic rings. The molecular formula is C15H24BrNO10. The first kappa shape index (κ1) is 25.2. The maximum absolute atomic E-state index is 12.1. The normalized spacial score (nSPS) is 26.9. The molecule has 0 aliphatic carbocycles. The molecule has 0 radical (unpaired) electrons. The molecule has 1 aliphatic rings. The van der Waals surface area contributed by atoms with Crippen LogP contribution in [0.5, 0.6) is 0 Å². The monoisotopic (exact) mass is 457 g/mol. The molecule has 11 nitrogen and oxygen atoms in total. The maximum atomic E-state index is 12.1. The first-order chi connectivity index (χ1) is 12.2. The molecule has 1 fully saturated rings. The Morgan fingerprint density at radius 2 is 1.37 bits per heavy atom. The summed E-state index contributed by atoms with van der Waals surface area (Å²) in [6.07, 6.45) is -6.72. The van der Waals surface area contributed by atoms with E-state index in [-0.39, 0.29) is 23.6 Å². The van der Waals surface area contributed by atoms with Gasteiger partial charge in [0.15, 0.2) is 30.7 Å². The van der Waals surface area contributed by atoms with Gasteiger partial charge in [0.1, 0.15) is 0 Å². The molecule has 27 heavy (non-hydrogen) atoms. The summed E-state index contributed by atoms with van der Waals surface area (Å²) < 4.78 is 31.0. The Bertz CT molecular complexity index is 543. The highest BCUT2D eigenvalue weighted by atomic mass is 79.9. The van der Waals surface area contributed by atoms with Crippen LogP contribution in [-0.4, -0.2) is 74.8 Å². The van der Waals surface area contributed by atoms with E-state index in [2.05, 4.69) is 10.5 Å². The van der Waals surface area contributed by atoms with Gasteiger partial charge in [-0.3, -0.25) is 14.4 Å². The molecule has 0 saturated carbocycles. The van der Waals surface area contributed by atoms with E-state index in [1.807, 2.05) is 0 Å². The Kier molecular flexibility index (Phi) is 11.1. The van der Waals surface area contributed by atoms with E-state index < -0.39 is 54.6 Å². The highest BCUT2D eigenvalue weighted by Gasteiger charge is 2.55. The van der Waals surface area contributed by atoms with Gasteiger partial charge in [0.05, 0.1) is 20.3 Å². The third-order valence-corrected chi connectivity index (χ3v) is 3.26. The highest BCUT2D eigenvalue weighted by molar-refractivity contribution is 5.77. The third-order valence-electron chi connectivity index (χ3n) is 3.26. The van der Waals surface area contributed by atoms with Gasteiger partial charge in [-0.2, -0.15) is 0 Å². The minimum atomic E-state index is -1.45. The van der Waals surface area contributed by atoms with Crippen molar-refractivity contribution in [3.8, 4) is 0 Å². The molecule has 0 aromatic heterocycles. The molecule has 5 atom stereocenters. The molecule has 1 rings (SSSR count).